The van der Waals surface area contributed by atoms with Crippen LogP contribution in [-0.4, -0.2) is 12.7 Å². The third kappa shape index (κ3) is 2.56. The van der Waals surface area contributed by atoms with Crippen molar-refractivity contribution in [2.75, 3.05) is 6.61 Å². The number of halogens is 2. The van der Waals surface area contributed by atoms with Crippen molar-refractivity contribution in [3.05, 3.63) is 35.4 Å². The molecule has 1 unspecified atom stereocenters. The van der Waals surface area contributed by atoms with Crippen LogP contribution < -0.4 is 0 Å². The predicted octanol–water partition coefficient (Wildman–Crippen LogP) is 4.25. The highest BCUT2D eigenvalue weighted by molar-refractivity contribution is 5.31. The van der Waals surface area contributed by atoms with E-state index in [-0.39, 0.29) is 11.0 Å². The lowest BCUT2D eigenvalue weighted by molar-refractivity contribution is -0.122. The molecule has 1 fully saturated rings. The van der Waals surface area contributed by atoms with E-state index in [9.17, 15) is 8.78 Å². The van der Waals surface area contributed by atoms with Crippen LogP contribution >= 0.6 is 0 Å². The summed E-state index contributed by atoms with van der Waals surface area (Å²) in [5, 5.41) is 0. The van der Waals surface area contributed by atoms with E-state index in [1.54, 1.807) is 12.1 Å². The molecule has 3 heteroatoms. The average molecular weight is 254 g/mol. The first kappa shape index (κ1) is 13.5. The van der Waals surface area contributed by atoms with E-state index in [1.165, 1.54) is 6.07 Å². The smallest absolute Gasteiger partial charge is 0.298 e. The Kier molecular flexibility index (Phi) is 3.45. The fourth-order valence-corrected chi connectivity index (χ4v) is 2.24. The molecule has 0 aliphatic carbocycles. The first-order valence-corrected chi connectivity index (χ1v) is 6.42. The van der Waals surface area contributed by atoms with Crippen molar-refractivity contribution >= 4 is 0 Å². The third-order valence-corrected chi connectivity index (χ3v) is 3.45. The molecule has 1 aliphatic rings. The Morgan fingerprint density at radius 1 is 1.17 bits per heavy atom. The molecule has 0 aromatic heterocycles. The number of hydrogen-bond acceptors (Lipinski definition) is 1. The summed E-state index contributed by atoms with van der Waals surface area (Å²) in [5.41, 5.74) is 0.877. The molecule has 1 heterocycles. The zero-order chi connectivity index (χ0) is 13.4. The Morgan fingerprint density at radius 2 is 1.83 bits per heavy atom. The quantitative estimate of drug-likeness (QED) is 0.766. The number of hydrogen-bond donors (Lipinski definition) is 0. The molecular weight excluding hydrogens is 234 g/mol. The summed E-state index contributed by atoms with van der Waals surface area (Å²) in [6.45, 7) is 6.52. The SMILES string of the molecule is CC(C)(C)c1cccc(C(F)(F)C2CCCO2)c1. The topological polar surface area (TPSA) is 9.23 Å². The molecule has 1 saturated heterocycles. The van der Waals surface area contributed by atoms with Crippen LogP contribution in [0.15, 0.2) is 24.3 Å². The normalized spacial score (nSPS) is 21.3. The average Bonchev–Trinajstić information content (AvgIpc) is 2.82. The summed E-state index contributed by atoms with van der Waals surface area (Å²) in [4.78, 5) is 0. The fraction of sp³-hybridized carbons (Fsp3) is 0.600. The van der Waals surface area contributed by atoms with E-state index >= 15 is 0 Å². The largest absolute Gasteiger partial charge is 0.372 e. The lowest BCUT2D eigenvalue weighted by atomic mass is 9.85. The van der Waals surface area contributed by atoms with Gasteiger partial charge in [-0.25, -0.2) is 0 Å². The van der Waals surface area contributed by atoms with Gasteiger partial charge in [0.25, 0.3) is 5.92 Å². The molecule has 18 heavy (non-hydrogen) atoms. The standard InChI is InChI=1S/C15H20F2O/c1-14(2,3)11-6-4-7-12(10-11)15(16,17)13-8-5-9-18-13/h4,6-7,10,13H,5,8-9H2,1-3H3. The van der Waals surface area contributed by atoms with E-state index in [2.05, 4.69) is 0 Å². The van der Waals surface area contributed by atoms with Crippen molar-refractivity contribution < 1.29 is 13.5 Å². The number of ether oxygens (including phenoxy) is 1. The Labute approximate surface area is 107 Å². The van der Waals surface area contributed by atoms with Crippen molar-refractivity contribution in [3.8, 4) is 0 Å². The molecule has 0 saturated carbocycles. The molecule has 2 rings (SSSR count). The first-order chi connectivity index (χ1) is 8.32. The van der Waals surface area contributed by atoms with Crippen LogP contribution in [0.25, 0.3) is 0 Å². The van der Waals surface area contributed by atoms with E-state index in [0.29, 0.717) is 13.0 Å². The molecule has 100 valence electrons. The van der Waals surface area contributed by atoms with Gasteiger partial charge in [-0.1, -0.05) is 39.0 Å². The van der Waals surface area contributed by atoms with Gasteiger partial charge < -0.3 is 4.74 Å². The monoisotopic (exact) mass is 254 g/mol. The van der Waals surface area contributed by atoms with Crippen molar-refractivity contribution in [2.45, 2.75) is 51.1 Å². The van der Waals surface area contributed by atoms with Crippen molar-refractivity contribution in [1.82, 2.24) is 0 Å². The Hall–Kier alpha value is -0.960. The predicted molar refractivity (Wildman–Crippen MR) is 68.0 cm³/mol. The molecule has 1 aromatic rings. The van der Waals surface area contributed by atoms with Crippen LogP contribution in [0.1, 0.15) is 44.7 Å². The summed E-state index contributed by atoms with van der Waals surface area (Å²) in [6.07, 6.45) is 0.194. The molecule has 1 aliphatic heterocycles. The molecule has 0 bridgehead atoms. The molecule has 0 radical (unpaired) electrons. The Bertz CT molecular complexity index is 415. The van der Waals surface area contributed by atoms with Crippen molar-refractivity contribution in [1.29, 1.82) is 0 Å². The Balaban J connectivity index is 2.32. The molecule has 1 nitrogen and oxygen atoms in total. The summed E-state index contributed by atoms with van der Waals surface area (Å²) in [7, 11) is 0. The summed E-state index contributed by atoms with van der Waals surface area (Å²) >= 11 is 0. The minimum absolute atomic E-state index is 0.0711. The van der Waals surface area contributed by atoms with E-state index in [4.69, 9.17) is 4.74 Å². The van der Waals surface area contributed by atoms with E-state index in [0.717, 1.165) is 12.0 Å². The van der Waals surface area contributed by atoms with Gasteiger partial charge in [0, 0.05) is 12.2 Å². The van der Waals surface area contributed by atoms with Gasteiger partial charge in [-0.05, 0) is 29.9 Å². The minimum atomic E-state index is -2.89. The second-order valence-electron chi connectivity index (χ2n) is 5.96. The van der Waals surface area contributed by atoms with Crippen molar-refractivity contribution in [2.24, 2.45) is 0 Å². The van der Waals surface area contributed by atoms with Gasteiger partial charge in [0.2, 0.25) is 0 Å². The fourth-order valence-electron chi connectivity index (χ4n) is 2.24. The van der Waals surface area contributed by atoms with Gasteiger partial charge >= 0.3 is 0 Å². The second kappa shape index (κ2) is 4.61. The lowest BCUT2D eigenvalue weighted by Gasteiger charge is -2.25. The highest BCUT2D eigenvalue weighted by Crippen LogP contribution is 2.39. The van der Waals surface area contributed by atoms with Gasteiger partial charge in [-0.2, -0.15) is 8.78 Å². The zero-order valence-corrected chi connectivity index (χ0v) is 11.2. The van der Waals surface area contributed by atoms with Crippen LogP contribution in [-0.2, 0) is 16.1 Å². The number of rotatable bonds is 2. The van der Waals surface area contributed by atoms with Gasteiger partial charge in [0.05, 0.1) is 0 Å². The highest BCUT2D eigenvalue weighted by Gasteiger charge is 2.44. The summed E-state index contributed by atoms with van der Waals surface area (Å²) in [5.74, 6) is -2.89. The highest BCUT2D eigenvalue weighted by atomic mass is 19.3. The number of benzene rings is 1. The number of alkyl halides is 2. The Morgan fingerprint density at radius 3 is 2.39 bits per heavy atom. The maximum Gasteiger partial charge on any atom is 0.298 e. The van der Waals surface area contributed by atoms with Gasteiger partial charge in [0.1, 0.15) is 6.10 Å². The zero-order valence-electron chi connectivity index (χ0n) is 11.2. The van der Waals surface area contributed by atoms with Crippen LogP contribution in [0.2, 0.25) is 0 Å². The van der Waals surface area contributed by atoms with Gasteiger partial charge in [-0.3, -0.25) is 0 Å². The molecule has 0 N–H and O–H groups in total. The maximum atomic E-state index is 14.3. The van der Waals surface area contributed by atoms with Crippen LogP contribution in [0.5, 0.6) is 0 Å². The second-order valence-corrected chi connectivity index (χ2v) is 5.96. The molecule has 1 atom stereocenters. The minimum Gasteiger partial charge on any atom is -0.372 e. The summed E-state index contributed by atoms with van der Waals surface area (Å²) < 4.78 is 33.8. The third-order valence-electron chi connectivity index (χ3n) is 3.45. The van der Waals surface area contributed by atoms with Crippen molar-refractivity contribution in [3.63, 3.8) is 0 Å². The van der Waals surface area contributed by atoms with E-state index in [1.807, 2.05) is 26.8 Å². The molecule has 1 aromatic carbocycles. The molecule has 0 amide bonds. The van der Waals surface area contributed by atoms with Crippen LogP contribution in [0.3, 0.4) is 0 Å². The summed E-state index contributed by atoms with van der Waals surface area (Å²) in [6, 6.07) is 6.71. The molecule has 0 spiro atoms. The lowest BCUT2D eigenvalue weighted by Crippen LogP contribution is -2.30. The van der Waals surface area contributed by atoms with Crippen LogP contribution in [0, 0.1) is 0 Å². The van der Waals surface area contributed by atoms with E-state index < -0.39 is 12.0 Å². The van der Waals surface area contributed by atoms with Gasteiger partial charge in [-0.15, -0.1) is 0 Å². The maximum absolute atomic E-state index is 14.3. The van der Waals surface area contributed by atoms with Crippen LogP contribution in [0.4, 0.5) is 8.78 Å². The first-order valence-electron chi connectivity index (χ1n) is 6.42. The van der Waals surface area contributed by atoms with Gasteiger partial charge in [0.15, 0.2) is 0 Å². The molecular formula is C15H20F2O.